The smallest absolute Gasteiger partial charge is 0.339 e. The molecule has 0 heterocycles. The van der Waals surface area contributed by atoms with Crippen LogP contribution in [-0.4, -0.2) is 37.7 Å². The Labute approximate surface area is 141 Å². The molecule has 0 bridgehead atoms. The van der Waals surface area contributed by atoms with Gasteiger partial charge in [0.1, 0.15) is 0 Å². The van der Waals surface area contributed by atoms with Crippen LogP contribution in [0.4, 0.5) is 4.79 Å². The van der Waals surface area contributed by atoms with E-state index in [0.29, 0.717) is 22.6 Å². The largest absolute Gasteiger partial charge is 0.492 e. The average molecular weight is 389 g/mol. The first kappa shape index (κ1) is 18.8. The molecule has 8 nitrogen and oxygen atoms in total. The molecule has 1 aromatic carbocycles. The van der Waals surface area contributed by atoms with Crippen molar-refractivity contribution >= 4 is 33.8 Å². The molecule has 0 aliphatic heterocycles. The first-order valence-corrected chi connectivity index (χ1v) is 7.41. The van der Waals surface area contributed by atoms with Crippen molar-refractivity contribution in [2.75, 3.05) is 13.7 Å². The molecule has 0 aliphatic carbocycles. The lowest BCUT2D eigenvalue weighted by Gasteiger charge is -2.15. The van der Waals surface area contributed by atoms with Crippen LogP contribution in [0.3, 0.4) is 0 Å². The number of primary amides is 1. The fourth-order valence-electron chi connectivity index (χ4n) is 1.65. The molecule has 0 fully saturated rings. The van der Waals surface area contributed by atoms with Crippen LogP contribution in [0.25, 0.3) is 0 Å². The zero-order chi connectivity index (χ0) is 17.6. The fraction of sp³-hybridized carbons (Fsp3) is 0.357. The van der Waals surface area contributed by atoms with Gasteiger partial charge in [0, 0.05) is 0 Å². The molecule has 0 unspecified atom stereocenters. The van der Waals surface area contributed by atoms with Gasteiger partial charge in [-0.05, 0) is 41.9 Å². The summed E-state index contributed by atoms with van der Waals surface area (Å²) in [5, 5.41) is 1.83. The molecule has 0 aromatic heterocycles. The Kier molecular flexibility index (Phi) is 6.83. The first-order valence-electron chi connectivity index (χ1n) is 6.61. The minimum absolute atomic E-state index is 0.153. The third-order valence-corrected chi connectivity index (χ3v) is 3.24. The molecule has 23 heavy (non-hydrogen) atoms. The van der Waals surface area contributed by atoms with Gasteiger partial charge in [0.05, 0.1) is 23.8 Å². The molecule has 3 amide bonds. The predicted octanol–water partition coefficient (Wildman–Crippen LogP) is 1.60. The van der Waals surface area contributed by atoms with Crippen molar-refractivity contribution in [3.8, 4) is 11.5 Å². The highest BCUT2D eigenvalue weighted by atomic mass is 79.9. The number of benzene rings is 1. The van der Waals surface area contributed by atoms with E-state index in [0.717, 1.165) is 0 Å². The Morgan fingerprint density at radius 1 is 1.35 bits per heavy atom. The van der Waals surface area contributed by atoms with Crippen molar-refractivity contribution in [3.63, 3.8) is 0 Å². The van der Waals surface area contributed by atoms with Crippen molar-refractivity contribution < 1.29 is 28.6 Å². The molecule has 1 atom stereocenters. The number of nitrogens with one attached hydrogen (secondary N) is 1. The van der Waals surface area contributed by atoms with E-state index < -0.39 is 24.0 Å². The van der Waals surface area contributed by atoms with Gasteiger partial charge in [0.15, 0.2) is 17.6 Å². The maximum atomic E-state index is 12.1. The number of hydrogen-bond acceptors (Lipinski definition) is 6. The number of imide groups is 1. The maximum absolute atomic E-state index is 12.1. The van der Waals surface area contributed by atoms with E-state index in [-0.39, 0.29) is 5.56 Å². The molecule has 9 heteroatoms. The van der Waals surface area contributed by atoms with Crippen LogP contribution in [-0.2, 0) is 9.53 Å². The number of urea groups is 1. The second-order valence-corrected chi connectivity index (χ2v) is 5.18. The standard InChI is InChI=1S/C14H17BrN2O6/c1-4-22-10-6-8(5-9(15)11(10)21-3)13(19)23-7(2)12(18)17-14(16)20/h5-7H,4H2,1-3H3,(H3,16,17,18,20)/t7-/m1/s1. The number of carbonyl (C=O) groups excluding carboxylic acids is 3. The summed E-state index contributed by atoms with van der Waals surface area (Å²) in [4.78, 5) is 34.2. The number of hydrogen-bond donors (Lipinski definition) is 2. The molecular weight excluding hydrogens is 372 g/mol. The Bertz CT molecular complexity index is 620. The molecular formula is C14H17BrN2O6. The number of carbonyl (C=O) groups is 3. The summed E-state index contributed by atoms with van der Waals surface area (Å²) in [5.41, 5.74) is 4.98. The van der Waals surface area contributed by atoms with Crippen molar-refractivity contribution in [1.82, 2.24) is 5.32 Å². The summed E-state index contributed by atoms with van der Waals surface area (Å²) in [7, 11) is 1.47. The third kappa shape index (κ3) is 5.13. The number of amides is 3. The van der Waals surface area contributed by atoms with Gasteiger partial charge in [0.2, 0.25) is 0 Å². The lowest BCUT2D eigenvalue weighted by Crippen LogP contribution is -2.42. The SMILES string of the molecule is CCOc1cc(C(=O)O[C@H](C)C(=O)NC(N)=O)cc(Br)c1OC. The molecule has 0 saturated carbocycles. The highest BCUT2D eigenvalue weighted by Crippen LogP contribution is 2.36. The van der Waals surface area contributed by atoms with E-state index >= 15 is 0 Å². The quantitative estimate of drug-likeness (QED) is 0.714. The van der Waals surface area contributed by atoms with Crippen molar-refractivity contribution in [1.29, 1.82) is 0 Å². The minimum Gasteiger partial charge on any atom is -0.492 e. The zero-order valence-electron chi connectivity index (χ0n) is 12.8. The Balaban J connectivity index is 2.95. The summed E-state index contributed by atoms with van der Waals surface area (Å²) < 4.78 is 16.1. The summed E-state index contributed by atoms with van der Waals surface area (Å²) in [5.74, 6) is -0.793. The summed E-state index contributed by atoms with van der Waals surface area (Å²) in [6.45, 7) is 3.48. The molecule has 126 valence electrons. The van der Waals surface area contributed by atoms with Crippen molar-refractivity contribution in [3.05, 3.63) is 22.2 Å². The van der Waals surface area contributed by atoms with Gasteiger partial charge in [-0.1, -0.05) is 0 Å². The average Bonchev–Trinajstić information content (AvgIpc) is 2.46. The van der Waals surface area contributed by atoms with E-state index in [9.17, 15) is 14.4 Å². The van der Waals surface area contributed by atoms with Crippen LogP contribution in [0.2, 0.25) is 0 Å². The summed E-state index contributed by atoms with van der Waals surface area (Å²) >= 11 is 3.27. The lowest BCUT2D eigenvalue weighted by molar-refractivity contribution is -0.127. The summed E-state index contributed by atoms with van der Waals surface area (Å²) in [6, 6.07) is 1.89. The molecule has 1 rings (SSSR count). The second-order valence-electron chi connectivity index (χ2n) is 4.32. The van der Waals surface area contributed by atoms with Gasteiger partial charge in [-0.25, -0.2) is 9.59 Å². The van der Waals surface area contributed by atoms with E-state index in [4.69, 9.17) is 19.9 Å². The lowest BCUT2D eigenvalue weighted by atomic mass is 10.2. The monoisotopic (exact) mass is 388 g/mol. The molecule has 0 saturated heterocycles. The maximum Gasteiger partial charge on any atom is 0.339 e. The highest BCUT2D eigenvalue weighted by molar-refractivity contribution is 9.10. The van der Waals surface area contributed by atoms with E-state index in [1.165, 1.54) is 26.2 Å². The molecule has 0 spiro atoms. The van der Waals surface area contributed by atoms with E-state index in [1.807, 2.05) is 5.32 Å². The number of ether oxygens (including phenoxy) is 3. The third-order valence-electron chi connectivity index (χ3n) is 2.65. The van der Waals surface area contributed by atoms with Crippen LogP contribution in [0, 0.1) is 0 Å². The number of methoxy groups -OCH3 is 1. The normalized spacial score (nSPS) is 11.3. The van der Waals surface area contributed by atoms with Gasteiger partial charge in [-0.3, -0.25) is 10.1 Å². The minimum atomic E-state index is -1.19. The highest BCUT2D eigenvalue weighted by Gasteiger charge is 2.22. The number of nitrogens with two attached hydrogens (primary N) is 1. The van der Waals surface area contributed by atoms with Crippen LogP contribution in [0.5, 0.6) is 11.5 Å². The van der Waals surface area contributed by atoms with Gasteiger partial charge < -0.3 is 19.9 Å². The molecule has 3 N–H and O–H groups in total. The van der Waals surface area contributed by atoms with Crippen LogP contribution in [0.1, 0.15) is 24.2 Å². The van der Waals surface area contributed by atoms with Gasteiger partial charge in [-0.15, -0.1) is 0 Å². The Morgan fingerprint density at radius 3 is 2.52 bits per heavy atom. The fourth-order valence-corrected chi connectivity index (χ4v) is 2.26. The van der Waals surface area contributed by atoms with Crippen LogP contribution < -0.4 is 20.5 Å². The summed E-state index contributed by atoms with van der Waals surface area (Å²) in [6.07, 6.45) is -1.19. The molecule has 0 aliphatic rings. The number of esters is 1. The predicted molar refractivity (Wildman–Crippen MR) is 84.5 cm³/mol. The van der Waals surface area contributed by atoms with Crippen LogP contribution >= 0.6 is 15.9 Å². The molecule has 1 aromatic rings. The topological polar surface area (TPSA) is 117 Å². The zero-order valence-corrected chi connectivity index (χ0v) is 14.4. The Hall–Kier alpha value is -2.29. The van der Waals surface area contributed by atoms with Crippen molar-refractivity contribution in [2.45, 2.75) is 20.0 Å². The Morgan fingerprint density at radius 2 is 2.00 bits per heavy atom. The van der Waals surface area contributed by atoms with E-state index in [2.05, 4.69) is 15.9 Å². The van der Waals surface area contributed by atoms with Crippen molar-refractivity contribution in [2.24, 2.45) is 5.73 Å². The van der Waals surface area contributed by atoms with E-state index in [1.54, 1.807) is 6.92 Å². The number of rotatable bonds is 6. The van der Waals surface area contributed by atoms with Crippen LogP contribution in [0.15, 0.2) is 16.6 Å². The van der Waals surface area contributed by atoms with Gasteiger partial charge in [-0.2, -0.15) is 0 Å². The second kappa shape index (κ2) is 8.37. The molecule has 0 radical (unpaired) electrons. The first-order chi connectivity index (χ1) is 10.8. The van der Waals surface area contributed by atoms with Gasteiger partial charge >= 0.3 is 12.0 Å². The van der Waals surface area contributed by atoms with Gasteiger partial charge in [0.25, 0.3) is 5.91 Å². The number of halogens is 1.